The molecule has 3 fully saturated rings. The van der Waals surface area contributed by atoms with E-state index in [2.05, 4.69) is 33.0 Å². The van der Waals surface area contributed by atoms with Crippen molar-refractivity contribution >= 4 is 56.8 Å². The van der Waals surface area contributed by atoms with Crippen LogP contribution in [0, 0.1) is 29.6 Å². The quantitative estimate of drug-likeness (QED) is 0.553. The summed E-state index contributed by atoms with van der Waals surface area (Å²) in [4.78, 5) is 55.1. The predicted molar refractivity (Wildman–Crippen MR) is 126 cm³/mol. The number of aromatic nitrogens is 1. The number of rotatable bonds is 5. The first-order chi connectivity index (χ1) is 15.8. The second-order valence-electron chi connectivity index (χ2n) is 9.34. The Kier molecular flexibility index (Phi) is 5.12. The van der Waals surface area contributed by atoms with Crippen molar-refractivity contribution < 1.29 is 19.5 Å². The largest absolute Gasteiger partial charge is 0.481 e. The lowest BCUT2D eigenvalue weighted by Crippen LogP contribution is -2.42. The number of nitrogens with one attached hydrogen (secondary N) is 1. The maximum atomic E-state index is 13.4. The number of nitrogens with zero attached hydrogens (tertiary/aromatic N) is 1. The number of amides is 2. The summed E-state index contributed by atoms with van der Waals surface area (Å²) in [5.41, 5.74) is 1.12. The highest BCUT2D eigenvalue weighted by atomic mass is 79.9. The number of fused-ring (bicyclic) bond motifs is 9. The number of aliphatic carboxylic acids is 1. The normalized spacial score (nSPS) is 33.8. The van der Waals surface area contributed by atoms with Gasteiger partial charge in [0.05, 0.1) is 16.9 Å². The second kappa shape index (κ2) is 7.81. The minimum Gasteiger partial charge on any atom is -0.481 e. The van der Waals surface area contributed by atoms with Crippen molar-refractivity contribution in [2.45, 2.75) is 35.5 Å². The summed E-state index contributed by atoms with van der Waals surface area (Å²) in [5, 5.41) is 10.00. The van der Waals surface area contributed by atoms with Gasteiger partial charge in [-0.2, -0.15) is 0 Å². The molecule has 2 aliphatic carbocycles. The zero-order chi connectivity index (χ0) is 23.0. The molecule has 2 N–H and O–H groups in total. The molecule has 0 radical (unpaired) electrons. The van der Waals surface area contributed by atoms with Crippen molar-refractivity contribution in [2.75, 3.05) is 6.54 Å². The van der Waals surface area contributed by atoms with Gasteiger partial charge in [-0.3, -0.25) is 24.1 Å². The summed E-state index contributed by atoms with van der Waals surface area (Å²) in [5.74, 6) is -1.50. The molecule has 172 valence electrons. The van der Waals surface area contributed by atoms with Crippen LogP contribution in [0.4, 0.5) is 0 Å². The van der Waals surface area contributed by atoms with Crippen LogP contribution in [0.5, 0.6) is 0 Å². The van der Waals surface area contributed by atoms with E-state index in [9.17, 15) is 19.2 Å². The lowest BCUT2D eigenvalue weighted by Gasteiger charge is -2.43. The number of carbonyl (C=O) groups is 3. The zero-order valence-electron chi connectivity index (χ0n) is 17.4. The van der Waals surface area contributed by atoms with Crippen molar-refractivity contribution in [1.29, 1.82) is 0 Å². The van der Waals surface area contributed by atoms with Gasteiger partial charge in [0.15, 0.2) is 0 Å². The Morgan fingerprint density at radius 3 is 2.67 bits per heavy atom. The molecule has 4 aliphatic rings. The third kappa shape index (κ3) is 3.20. The highest BCUT2D eigenvalue weighted by molar-refractivity contribution is 9.10. The average molecular weight is 549 g/mol. The second-order valence-corrected chi connectivity index (χ2v) is 12.5. The van der Waals surface area contributed by atoms with E-state index in [1.54, 1.807) is 11.8 Å². The third-order valence-corrected chi connectivity index (χ3v) is 10.9. The van der Waals surface area contributed by atoms with Crippen LogP contribution in [0.1, 0.15) is 35.6 Å². The molecule has 2 amide bonds. The van der Waals surface area contributed by atoms with E-state index in [0.29, 0.717) is 0 Å². The predicted octanol–water partition coefficient (Wildman–Crippen LogP) is 3.54. The Hall–Kier alpha value is -1.91. The number of carboxylic acid groups (broad SMARTS) is 1. The molecule has 1 aromatic carbocycles. The summed E-state index contributed by atoms with van der Waals surface area (Å²) in [7, 11) is 0. The Morgan fingerprint density at radius 2 is 1.94 bits per heavy atom. The number of halogens is 1. The highest BCUT2D eigenvalue weighted by Gasteiger charge is 2.69. The first-order valence-electron chi connectivity index (χ1n) is 11.1. The molecule has 2 aliphatic heterocycles. The van der Waals surface area contributed by atoms with E-state index in [4.69, 9.17) is 5.11 Å². The van der Waals surface area contributed by atoms with Crippen molar-refractivity contribution in [3.63, 3.8) is 0 Å². The van der Waals surface area contributed by atoms with Gasteiger partial charge in [-0.25, -0.2) is 0 Å². The van der Waals surface area contributed by atoms with E-state index in [1.165, 1.54) is 16.2 Å². The number of aromatic amines is 1. The fourth-order valence-electron chi connectivity index (χ4n) is 6.76. The molecule has 7 unspecified atom stereocenters. The van der Waals surface area contributed by atoms with E-state index in [0.717, 1.165) is 26.4 Å². The summed E-state index contributed by atoms with van der Waals surface area (Å²) >= 11 is 6.50. The van der Waals surface area contributed by atoms with Gasteiger partial charge in [0.1, 0.15) is 0 Å². The lowest BCUT2D eigenvalue weighted by atomic mass is 9.68. The van der Waals surface area contributed by atoms with Crippen LogP contribution >= 0.6 is 39.0 Å². The van der Waals surface area contributed by atoms with Crippen molar-refractivity contribution in [1.82, 2.24) is 9.88 Å². The first-order valence-corrected chi connectivity index (χ1v) is 13.6. The fourth-order valence-corrected chi connectivity index (χ4v) is 10.1. The molecule has 1 aromatic heterocycles. The van der Waals surface area contributed by atoms with E-state index in [1.807, 2.05) is 12.1 Å². The number of carboxylic acids is 1. The Bertz CT molecular complexity index is 1240. The minimum atomic E-state index is -0.922. The lowest BCUT2D eigenvalue weighted by molar-refractivity contribution is -0.142. The Morgan fingerprint density at radius 1 is 1.18 bits per heavy atom. The molecule has 6 rings (SSSR count). The van der Waals surface area contributed by atoms with Gasteiger partial charge in [-0.1, -0.05) is 39.4 Å². The number of H-pyrrole nitrogens is 1. The molecule has 2 bridgehead atoms. The van der Waals surface area contributed by atoms with Crippen LogP contribution in [0.25, 0.3) is 0 Å². The number of hydrogen-bond acceptors (Lipinski definition) is 6. The van der Waals surface area contributed by atoms with Crippen molar-refractivity contribution in [2.24, 2.45) is 29.6 Å². The third-order valence-electron chi connectivity index (χ3n) is 7.80. The number of carbonyl (C=O) groups excluding carboxylic acids is 2. The van der Waals surface area contributed by atoms with Crippen LogP contribution in [0.2, 0.25) is 0 Å². The zero-order valence-corrected chi connectivity index (χ0v) is 20.6. The van der Waals surface area contributed by atoms with Gasteiger partial charge in [-0.05, 0) is 48.3 Å². The van der Waals surface area contributed by atoms with Crippen molar-refractivity contribution in [3.8, 4) is 0 Å². The molecule has 2 saturated carbocycles. The number of benzene rings is 1. The van der Waals surface area contributed by atoms with Crippen LogP contribution in [-0.4, -0.2) is 44.6 Å². The van der Waals surface area contributed by atoms with Crippen LogP contribution in [0.3, 0.4) is 0 Å². The maximum Gasteiger partial charge on any atom is 0.305 e. The SMILES string of the molecule is O=C(O)CCCN1C(=O)C2C3CC(C2C1=O)C1C(c2cccc(Br)c2)c2sc(=O)[nH]c2SC31. The number of thiazole rings is 1. The number of thioether (sulfide) groups is 1. The van der Waals surface area contributed by atoms with Gasteiger partial charge in [0.25, 0.3) is 0 Å². The molecular formula is C23H21BrN2O5S2. The smallest absolute Gasteiger partial charge is 0.305 e. The summed E-state index contributed by atoms with van der Waals surface area (Å²) in [6.07, 6.45) is 1.07. The van der Waals surface area contributed by atoms with E-state index >= 15 is 0 Å². The monoisotopic (exact) mass is 548 g/mol. The van der Waals surface area contributed by atoms with Gasteiger partial charge >= 0.3 is 10.8 Å². The van der Waals surface area contributed by atoms with Crippen LogP contribution in [0.15, 0.2) is 38.6 Å². The Labute approximate surface area is 206 Å². The first kappa shape index (κ1) is 21.6. The molecule has 7 nitrogen and oxygen atoms in total. The molecular weight excluding hydrogens is 528 g/mol. The van der Waals surface area contributed by atoms with E-state index in [-0.39, 0.29) is 76.8 Å². The summed E-state index contributed by atoms with van der Waals surface area (Å²) in [6, 6.07) is 8.15. The summed E-state index contributed by atoms with van der Waals surface area (Å²) < 4.78 is 0.969. The standard InChI is InChI=1S/C23H21BrN2O5S2/c24-10-4-1-3-9(7-10)14-15-11-8-12(18(15)32-20-19(14)33-23(31)25-20)17-16(11)21(29)26(22(17)30)6-2-5-13(27)28/h1,3-4,7,11-12,14-18H,2,5-6,8H2,(H,25,31)(H,27,28). The van der Waals surface area contributed by atoms with Gasteiger partial charge in [0, 0.05) is 33.5 Å². The minimum absolute atomic E-state index is 0.00705. The van der Waals surface area contributed by atoms with Crippen LogP contribution in [-0.2, 0) is 14.4 Å². The molecule has 3 heterocycles. The summed E-state index contributed by atoms with van der Waals surface area (Å²) in [6.45, 7) is 0.175. The van der Waals surface area contributed by atoms with Gasteiger partial charge < -0.3 is 10.1 Å². The Balaban J connectivity index is 1.38. The topological polar surface area (TPSA) is 108 Å². The average Bonchev–Trinajstić information content (AvgIpc) is 3.48. The molecule has 2 aromatic rings. The van der Waals surface area contributed by atoms with E-state index < -0.39 is 5.97 Å². The molecule has 1 saturated heterocycles. The van der Waals surface area contributed by atoms with Gasteiger partial charge in [-0.15, -0.1) is 11.8 Å². The number of imide groups is 1. The molecule has 7 atom stereocenters. The number of likely N-dealkylation sites (tertiary alicyclic amines) is 1. The van der Waals surface area contributed by atoms with Crippen molar-refractivity contribution in [3.05, 3.63) is 48.8 Å². The van der Waals surface area contributed by atoms with Crippen LogP contribution < -0.4 is 4.87 Å². The fraction of sp³-hybridized carbons (Fsp3) is 0.478. The number of hydrogen-bond donors (Lipinski definition) is 2. The molecule has 0 spiro atoms. The van der Waals surface area contributed by atoms with Gasteiger partial charge in [0.2, 0.25) is 11.8 Å². The maximum absolute atomic E-state index is 13.4. The molecule has 10 heteroatoms. The highest BCUT2D eigenvalue weighted by Crippen LogP contribution is 2.68. The molecule has 33 heavy (non-hydrogen) atoms.